The standard InChI is InChI=1S/C11H19N3O5/c1-12-9(11(18)19)2-3-10(17)13-4-5-14(8-16)6-7-15/h7-9,12H,2-6H2,1H3,(H,13,17)(H,18,19). The molecule has 0 radical (unpaired) electrons. The molecule has 1 unspecified atom stereocenters. The van der Waals surface area contributed by atoms with Crippen molar-refractivity contribution >= 4 is 24.6 Å². The highest BCUT2D eigenvalue weighted by Crippen LogP contribution is 1.97. The molecule has 1 atom stereocenters. The van der Waals surface area contributed by atoms with E-state index in [1.54, 1.807) is 0 Å². The Labute approximate surface area is 111 Å². The van der Waals surface area contributed by atoms with Crippen LogP contribution in [0.15, 0.2) is 0 Å². The Morgan fingerprint density at radius 2 is 2.05 bits per heavy atom. The summed E-state index contributed by atoms with van der Waals surface area (Å²) in [6, 6.07) is -0.757. The summed E-state index contributed by atoms with van der Waals surface area (Å²) in [6.45, 7) is 0.450. The summed E-state index contributed by atoms with van der Waals surface area (Å²) < 4.78 is 0. The van der Waals surface area contributed by atoms with E-state index in [2.05, 4.69) is 10.6 Å². The number of carbonyl (C=O) groups excluding carboxylic acids is 3. The first-order valence-corrected chi connectivity index (χ1v) is 5.84. The lowest BCUT2D eigenvalue weighted by molar-refractivity contribution is -0.139. The minimum absolute atomic E-state index is 0.0137. The molecule has 8 heteroatoms. The molecule has 0 aliphatic carbocycles. The number of carboxylic acids is 1. The van der Waals surface area contributed by atoms with Crippen molar-refractivity contribution in [3.05, 3.63) is 0 Å². The zero-order chi connectivity index (χ0) is 14.7. The van der Waals surface area contributed by atoms with Crippen LogP contribution in [-0.2, 0) is 19.2 Å². The normalized spacial score (nSPS) is 11.4. The van der Waals surface area contributed by atoms with Crippen LogP contribution in [0.3, 0.4) is 0 Å². The molecule has 19 heavy (non-hydrogen) atoms. The van der Waals surface area contributed by atoms with Crippen LogP contribution in [0.2, 0.25) is 0 Å². The lowest BCUT2D eigenvalue weighted by Crippen LogP contribution is -2.37. The second kappa shape index (κ2) is 10.0. The lowest BCUT2D eigenvalue weighted by Gasteiger charge is -2.14. The van der Waals surface area contributed by atoms with E-state index in [0.29, 0.717) is 12.7 Å². The molecule has 0 aromatic carbocycles. The highest BCUT2D eigenvalue weighted by atomic mass is 16.4. The van der Waals surface area contributed by atoms with Crippen LogP contribution in [0.1, 0.15) is 12.8 Å². The van der Waals surface area contributed by atoms with Crippen molar-refractivity contribution < 1.29 is 24.3 Å². The van der Waals surface area contributed by atoms with Gasteiger partial charge in [-0.3, -0.25) is 14.4 Å². The lowest BCUT2D eigenvalue weighted by atomic mass is 10.1. The molecule has 0 fully saturated rings. The van der Waals surface area contributed by atoms with E-state index >= 15 is 0 Å². The average Bonchev–Trinajstić information content (AvgIpc) is 2.38. The molecular weight excluding hydrogens is 254 g/mol. The molecule has 108 valence electrons. The van der Waals surface area contributed by atoms with Crippen molar-refractivity contribution in [2.24, 2.45) is 0 Å². The molecule has 0 aliphatic rings. The fourth-order valence-corrected chi connectivity index (χ4v) is 1.38. The molecule has 0 rings (SSSR count). The zero-order valence-corrected chi connectivity index (χ0v) is 10.8. The second-order valence-electron chi connectivity index (χ2n) is 3.84. The summed E-state index contributed by atoms with van der Waals surface area (Å²) in [7, 11) is 1.51. The molecular formula is C11H19N3O5. The Balaban J connectivity index is 3.83. The van der Waals surface area contributed by atoms with Gasteiger partial charge in [-0.25, -0.2) is 0 Å². The van der Waals surface area contributed by atoms with Gasteiger partial charge in [0.2, 0.25) is 12.3 Å². The average molecular weight is 273 g/mol. The minimum Gasteiger partial charge on any atom is -0.480 e. The van der Waals surface area contributed by atoms with E-state index < -0.39 is 12.0 Å². The second-order valence-corrected chi connectivity index (χ2v) is 3.84. The van der Waals surface area contributed by atoms with Crippen LogP contribution in [0, 0.1) is 0 Å². The molecule has 0 aromatic heterocycles. The highest BCUT2D eigenvalue weighted by Gasteiger charge is 2.16. The number of aliphatic carboxylic acids is 1. The molecule has 3 N–H and O–H groups in total. The van der Waals surface area contributed by atoms with Crippen LogP contribution < -0.4 is 10.6 Å². The van der Waals surface area contributed by atoms with Crippen LogP contribution in [0.25, 0.3) is 0 Å². The molecule has 0 aromatic rings. The summed E-state index contributed by atoms with van der Waals surface area (Å²) in [5.74, 6) is -1.30. The Kier molecular flexibility index (Phi) is 8.98. The van der Waals surface area contributed by atoms with Gasteiger partial charge in [0.15, 0.2) is 0 Å². The van der Waals surface area contributed by atoms with Gasteiger partial charge < -0.3 is 25.4 Å². The van der Waals surface area contributed by atoms with Crippen molar-refractivity contribution in [2.45, 2.75) is 18.9 Å². The van der Waals surface area contributed by atoms with E-state index in [-0.39, 0.29) is 38.4 Å². The number of rotatable bonds is 11. The Morgan fingerprint density at radius 1 is 1.37 bits per heavy atom. The predicted molar refractivity (Wildman–Crippen MR) is 66.4 cm³/mol. The molecule has 0 spiro atoms. The zero-order valence-electron chi connectivity index (χ0n) is 10.8. The molecule has 0 saturated carbocycles. The molecule has 0 aliphatic heterocycles. The first-order chi connectivity index (χ1) is 9.04. The van der Waals surface area contributed by atoms with Gasteiger partial charge in [-0.05, 0) is 13.5 Å². The number of hydrogen-bond donors (Lipinski definition) is 3. The first-order valence-electron chi connectivity index (χ1n) is 5.84. The van der Waals surface area contributed by atoms with Crippen LogP contribution >= 0.6 is 0 Å². The van der Waals surface area contributed by atoms with Crippen LogP contribution in [0.4, 0.5) is 0 Å². The first kappa shape index (κ1) is 17.0. The largest absolute Gasteiger partial charge is 0.480 e. The van der Waals surface area contributed by atoms with Crippen LogP contribution in [-0.4, -0.2) is 67.3 Å². The van der Waals surface area contributed by atoms with Gasteiger partial charge in [-0.15, -0.1) is 0 Å². The van der Waals surface area contributed by atoms with Gasteiger partial charge >= 0.3 is 5.97 Å². The maximum atomic E-state index is 11.4. The monoisotopic (exact) mass is 273 g/mol. The topological polar surface area (TPSA) is 116 Å². The predicted octanol–water partition coefficient (Wildman–Crippen LogP) is -1.79. The van der Waals surface area contributed by atoms with Crippen LogP contribution in [0.5, 0.6) is 0 Å². The Hall–Kier alpha value is -1.96. The van der Waals surface area contributed by atoms with Gasteiger partial charge in [0.1, 0.15) is 12.3 Å². The summed E-state index contributed by atoms with van der Waals surface area (Å²) in [5, 5.41) is 13.9. The fraction of sp³-hybridized carbons (Fsp3) is 0.636. The van der Waals surface area contributed by atoms with Crippen molar-refractivity contribution in [1.82, 2.24) is 15.5 Å². The Bertz CT molecular complexity index is 321. The number of amides is 2. The SMILES string of the molecule is CNC(CCC(=O)NCCN(C=O)CC=O)C(=O)O. The summed E-state index contributed by atoms with van der Waals surface area (Å²) in [4.78, 5) is 44.0. The number of likely N-dealkylation sites (N-methyl/N-ethyl adjacent to an activating group) is 1. The number of carbonyl (C=O) groups is 4. The van der Waals surface area contributed by atoms with Crippen molar-refractivity contribution in [3.8, 4) is 0 Å². The summed E-state index contributed by atoms with van der Waals surface area (Å²) in [6.07, 6.45) is 1.39. The van der Waals surface area contributed by atoms with Gasteiger partial charge in [-0.2, -0.15) is 0 Å². The van der Waals surface area contributed by atoms with Gasteiger partial charge in [0, 0.05) is 19.5 Å². The van der Waals surface area contributed by atoms with Crippen molar-refractivity contribution in [3.63, 3.8) is 0 Å². The van der Waals surface area contributed by atoms with E-state index in [9.17, 15) is 19.2 Å². The van der Waals surface area contributed by atoms with E-state index in [1.165, 1.54) is 11.9 Å². The third-order valence-corrected chi connectivity index (χ3v) is 2.49. The smallest absolute Gasteiger partial charge is 0.320 e. The van der Waals surface area contributed by atoms with Gasteiger partial charge in [0.05, 0.1) is 6.54 Å². The maximum absolute atomic E-state index is 11.4. The third-order valence-electron chi connectivity index (χ3n) is 2.49. The third kappa shape index (κ3) is 7.87. The highest BCUT2D eigenvalue weighted by molar-refractivity contribution is 5.78. The summed E-state index contributed by atoms with van der Waals surface area (Å²) >= 11 is 0. The van der Waals surface area contributed by atoms with Crippen molar-refractivity contribution in [2.75, 3.05) is 26.7 Å². The number of nitrogens with one attached hydrogen (secondary N) is 2. The van der Waals surface area contributed by atoms with E-state index in [0.717, 1.165) is 0 Å². The molecule has 0 bridgehead atoms. The molecule has 8 nitrogen and oxygen atoms in total. The molecule has 0 heterocycles. The van der Waals surface area contributed by atoms with Gasteiger partial charge in [-0.1, -0.05) is 0 Å². The fourth-order valence-electron chi connectivity index (χ4n) is 1.38. The minimum atomic E-state index is -1.01. The molecule has 0 saturated heterocycles. The number of carboxylic acid groups (broad SMARTS) is 1. The Morgan fingerprint density at radius 3 is 2.53 bits per heavy atom. The molecule has 2 amide bonds. The summed E-state index contributed by atoms with van der Waals surface area (Å²) in [5.41, 5.74) is 0. The quantitative estimate of drug-likeness (QED) is 0.383. The van der Waals surface area contributed by atoms with Crippen molar-refractivity contribution in [1.29, 1.82) is 0 Å². The maximum Gasteiger partial charge on any atom is 0.320 e. The van der Waals surface area contributed by atoms with E-state index in [4.69, 9.17) is 5.11 Å². The number of hydrogen-bond acceptors (Lipinski definition) is 5. The van der Waals surface area contributed by atoms with Gasteiger partial charge in [0.25, 0.3) is 0 Å². The number of aldehydes is 1. The van der Waals surface area contributed by atoms with E-state index in [1.807, 2.05) is 0 Å². The number of nitrogens with zero attached hydrogens (tertiary/aromatic N) is 1.